The molecule has 1 rings (SSSR count). The zero-order valence-corrected chi connectivity index (χ0v) is 11.9. The SMILES string of the molecule is CCc1nc(CC(C)C)sc1CNC(C)C. The normalized spacial score (nSPS) is 11.7. The molecule has 0 bridgehead atoms. The Morgan fingerprint density at radius 2 is 1.94 bits per heavy atom. The van der Waals surface area contributed by atoms with E-state index < -0.39 is 0 Å². The van der Waals surface area contributed by atoms with Gasteiger partial charge in [-0.2, -0.15) is 0 Å². The third-order valence-electron chi connectivity index (χ3n) is 2.41. The van der Waals surface area contributed by atoms with E-state index in [-0.39, 0.29) is 0 Å². The lowest BCUT2D eigenvalue weighted by Gasteiger charge is -2.06. The summed E-state index contributed by atoms with van der Waals surface area (Å²) in [6, 6.07) is 0.542. The molecule has 2 nitrogen and oxygen atoms in total. The molecule has 1 N–H and O–H groups in total. The van der Waals surface area contributed by atoms with Crippen molar-refractivity contribution >= 4 is 11.3 Å². The van der Waals surface area contributed by atoms with Crippen LogP contribution in [0.25, 0.3) is 0 Å². The first-order valence-electron chi connectivity index (χ1n) is 6.23. The van der Waals surface area contributed by atoms with Crippen LogP contribution in [0.5, 0.6) is 0 Å². The fourth-order valence-electron chi connectivity index (χ4n) is 1.58. The van der Waals surface area contributed by atoms with E-state index in [1.807, 2.05) is 11.3 Å². The van der Waals surface area contributed by atoms with Crippen molar-refractivity contribution in [2.45, 2.75) is 60.0 Å². The summed E-state index contributed by atoms with van der Waals surface area (Å²) >= 11 is 1.88. The van der Waals surface area contributed by atoms with Gasteiger partial charge in [-0.15, -0.1) is 11.3 Å². The van der Waals surface area contributed by atoms with E-state index >= 15 is 0 Å². The van der Waals surface area contributed by atoms with E-state index in [2.05, 4.69) is 39.9 Å². The van der Waals surface area contributed by atoms with Crippen molar-refractivity contribution in [3.8, 4) is 0 Å². The van der Waals surface area contributed by atoms with Crippen LogP contribution in [0.1, 0.15) is 50.2 Å². The quantitative estimate of drug-likeness (QED) is 0.824. The van der Waals surface area contributed by atoms with Crippen LogP contribution in [0.4, 0.5) is 0 Å². The minimum atomic E-state index is 0.542. The van der Waals surface area contributed by atoms with Gasteiger partial charge in [0.2, 0.25) is 0 Å². The van der Waals surface area contributed by atoms with E-state index in [1.165, 1.54) is 15.6 Å². The largest absolute Gasteiger partial charge is 0.310 e. The van der Waals surface area contributed by atoms with Crippen LogP contribution >= 0.6 is 11.3 Å². The van der Waals surface area contributed by atoms with E-state index in [4.69, 9.17) is 4.98 Å². The second-order valence-corrected chi connectivity index (χ2v) is 6.13. The topological polar surface area (TPSA) is 24.9 Å². The average molecular weight is 240 g/mol. The van der Waals surface area contributed by atoms with E-state index in [9.17, 15) is 0 Å². The Labute approximate surface area is 103 Å². The number of nitrogens with one attached hydrogen (secondary N) is 1. The molecule has 0 aliphatic heterocycles. The molecule has 0 atom stereocenters. The van der Waals surface area contributed by atoms with Crippen LogP contribution in [0.15, 0.2) is 0 Å². The molecule has 0 spiro atoms. The summed E-state index contributed by atoms with van der Waals surface area (Å²) in [7, 11) is 0. The van der Waals surface area contributed by atoms with Crippen molar-refractivity contribution in [1.29, 1.82) is 0 Å². The van der Waals surface area contributed by atoms with Crippen LogP contribution < -0.4 is 5.32 Å². The molecule has 0 radical (unpaired) electrons. The van der Waals surface area contributed by atoms with Gasteiger partial charge in [0, 0.05) is 23.9 Å². The van der Waals surface area contributed by atoms with Crippen molar-refractivity contribution < 1.29 is 0 Å². The van der Waals surface area contributed by atoms with Crippen molar-refractivity contribution in [2.24, 2.45) is 5.92 Å². The van der Waals surface area contributed by atoms with Gasteiger partial charge in [-0.1, -0.05) is 34.6 Å². The molecule has 0 saturated heterocycles. The molecule has 0 aliphatic carbocycles. The lowest BCUT2D eigenvalue weighted by atomic mass is 10.1. The van der Waals surface area contributed by atoms with Crippen LogP contribution in [0.2, 0.25) is 0 Å². The number of rotatable bonds is 6. The minimum absolute atomic E-state index is 0.542. The van der Waals surface area contributed by atoms with Crippen LogP contribution in [0.3, 0.4) is 0 Å². The van der Waals surface area contributed by atoms with Crippen LogP contribution in [-0.2, 0) is 19.4 Å². The molecule has 1 aromatic heterocycles. The molecule has 0 unspecified atom stereocenters. The van der Waals surface area contributed by atoms with Gasteiger partial charge in [-0.05, 0) is 12.3 Å². The molecule has 1 aromatic rings. The number of hydrogen-bond donors (Lipinski definition) is 1. The summed E-state index contributed by atoms with van der Waals surface area (Å²) in [5, 5.41) is 4.77. The molecule has 0 saturated carbocycles. The van der Waals surface area contributed by atoms with Gasteiger partial charge in [-0.25, -0.2) is 4.98 Å². The number of thiazole rings is 1. The molecule has 3 heteroatoms. The number of hydrogen-bond acceptors (Lipinski definition) is 3. The zero-order chi connectivity index (χ0) is 12.1. The Bertz CT molecular complexity index is 316. The van der Waals surface area contributed by atoms with Gasteiger partial charge in [0.1, 0.15) is 0 Å². The third kappa shape index (κ3) is 4.22. The monoisotopic (exact) mass is 240 g/mol. The maximum Gasteiger partial charge on any atom is 0.0934 e. The minimum Gasteiger partial charge on any atom is -0.310 e. The highest BCUT2D eigenvalue weighted by atomic mass is 32.1. The molecular weight excluding hydrogens is 216 g/mol. The van der Waals surface area contributed by atoms with Gasteiger partial charge in [0.15, 0.2) is 0 Å². The Hall–Kier alpha value is -0.410. The summed E-state index contributed by atoms with van der Waals surface area (Å²) in [4.78, 5) is 6.15. The number of aromatic nitrogens is 1. The molecule has 16 heavy (non-hydrogen) atoms. The Morgan fingerprint density at radius 3 is 2.44 bits per heavy atom. The first-order valence-corrected chi connectivity index (χ1v) is 7.05. The summed E-state index contributed by atoms with van der Waals surface area (Å²) in [5.74, 6) is 0.696. The molecule has 0 aromatic carbocycles. The number of aryl methyl sites for hydroxylation is 1. The van der Waals surface area contributed by atoms with Crippen molar-refractivity contribution in [1.82, 2.24) is 10.3 Å². The van der Waals surface area contributed by atoms with E-state index in [1.54, 1.807) is 0 Å². The smallest absolute Gasteiger partial charge is 0.0934 e. The van der Waals surface area contributed by atoms with Gasteiger partial charge in [0.05, 0.1) is 10.7 Å². The fourth-order valence-corrected chi connectivity index (χ4v) is 2.90. The average Bonchev–Trinajstić information content (AvgIpc) is 2.56. The maximum atomic E-state index is 4.73. The van der Waals surface area contributed by atoms with Crippen molar-refractivity contribution in [3.05, 3.63) is 15.6 Å². The van der Waals surface area contributed by atoms with Crippen LogP contribution in [-0.4, -0.2) is 11.0 Å². The predicted octanol–water partition coefficient (Wildman–Crippen LogP) is 3.40. The van der Waals surface area contributed by atoms with E-state index in [0.717, 1.165) is 19.4 Å². The van der Waals surface area contributed by atoms with Gasteiger partial charge in [-0.3, -0.25) is 0 Å². The third-order valence-corrected chi connectivity index (χ3v) is 3.53. The molecule has 0 aliphatic rings. The fraction of sp³-hybridized carbons (Fsp3) is 0.769. The van der Waals surface area contributed by atoms with Gasteiger partial charge >= 0.3 is 0 Å². The molecular formula is C13H24N2S. The number of nitrogens with zero attached hydrogens (tertiary/aromatic N) is 1. The Balaban J connectivity index is 2.70. The summed E-state index contributed by atoms with van der Waals surface area (Å²) in [6.07, 6.45) is 2.16. The second-order valence-electron chi connectivity index (χ2n) is 4.96. The van der Waals surface area contributed by atoms with Crippen LogP contribution in [0, 0.1) is 5.92 Å². The van der Waals surface area contributed by atoms with Crippen molar-refractivity contribution in [2.75, 3.05) is 0 Å². The first kappa shape index (κ1) is 13.7. The van der Waals surface area contributed by atoms with E-state index in [0.29, 0.717) is 12.0 Å². The summed E-state index contributed by atoms with van der Waals surface area (Å²) in [6.45, 7) is 12.0. The zero-order valence-electron chi connectivity index (χ0n) is 11.1. The molecule has 0 fully saturated rings. The first-order chi connectivity index (χ1) is 7.52. The highest BCUT2D eigenvalue weighted by molar-refractivity contribution is 7.11. The highest BCUT2D eigenvalue weighted by Crippen LogP contribution is 2.21. The molecule has 92 valence electrons. The van der Waals surface area contributed by atoms with Gasteiger partial charge < -0.3 is 5.32 Å². The van der Waals surface area contributed by atoms with Crippen molar-refractivity contribution in [3.63, 3.8) is 0 Å². The summed E-state index contributed by atoms with van der Waals surface area (Å²) in [5.41, 5.74) is 1.29. The predicted molar refractivity (Wildman–Crippen MR) is 72.0 cm³/mol. The maximum absolute atomic E-state index is 4.73. The Morgan fingerprint density at radius 1 is 1.25 bits per heavy atom. The van der Waals surface area contributed by atoms with Gasteiger partial charge in [0.25, 0.3) is 0 Å². The lowest BCUT2D eigenvalue weighted by molar-refractivity contribution is 0.590. The Kier molecular flexibility index (Phi) is 5.42. The lowest BCUT2D eigenvalue weighted by Crippen LogP contribution is -2.21. The standard InChI is InChI=1S/C13H24N2S/c1-6-11-12(8-14-10(4)5)16-13(15-11)7-9(2)3/h9-10,14H,6-8H2,1-5H3. The summed E-state index contributed by atoms with van der Waals surface area (Å²) < 4.78 is 0. The molecule has 1 heterocycles. The second kappa shape index (κ2) is 6.36. The highest BCUT2D eigenvalue weighted by Gasteiger charge is 2.10. The molecule has 0 amide bonds.